The highest BCUT2D eigenvalue weighted by Gasteiger charge is 2.63. The van der Waals surface area contributed by atoms with Gasteiger partial charge in [0.05, 0.1) is 92.4 Å². The summed E-state index contributed by atoms with van der Waals surface area (Å²) >= 11 is 0. The number of imidazole rings is 1. The third-order valence-corrected chi connectivity index (χ3v) is 28.6. The first kappa shape index (κ1) is 96.4. The molecule has 12 aromatic rings. The van der Waals surface area contributed by atoms with Gasteiger partial charge in [0, 0.05) is 91.0 Å². The van der Waals surface area contributed by atoms with Crippen LogP contribution in [-0.2, 0) is 86.2 Å². The second kappa shape index (κ2) is 46.7. The predicted octanol–water partition coefficient (Wildman–Crippen LogP) is 20.9. The minimum absolute atomic E-state index is 0.0297. The molecule has 0 aliphatic heterocycles. The van der Waals surface area contributed by atoms with Crippen LogP contribution < -0.4 is 4.74 Å². The number of aromatic nitrogens is 2. The monoisotopic (exact) mass is 1840 g/mol. The first-order valence-electron chi connectivity index (χ1n) is 48.1. The maximum atomic E-state index is 13.8. The summed E-state index contributed by atoms with van der Waals surface area (Å²) in [4.78, 5) is 108. The van der Waals surface area contributed by atoms with Crippen molar-refractivity contribution in [3.63, 3.8) is 0 Å². The highest BCUT2D eigenvalue weighted by molar-refractivity contribution is 5.88. The molecule has 0 amide bonds. The van der Waals surface area contributed by atoms with Gasteiger partial charge in [-0.25, -0.2) is 4.98 Å². The van der Waals surface area contributed by atoms with E-state index < -0.39 is 113 Å². The van der Waals surface area contributed by atoms with Crippen molar-refractivity contribution in [2.75, 3.05) is 39.6 Å². The average molecular weight is 1840 g/mol. The number of nitrogens with zero attached hydrogens (tertiary/aromatic N) is 2. The molecular formula is C116H118N2O19. The van der Waals surface area contributed by atoms with Gasteiger partial charge in [-0.15, -0.1) is 0 Å². The summed E-state index contributed by atoms with van der Waals surface area (Å²) in [5.41, 5.74) is 12.1. The Morgan fingerprint density at radius 3 is 0.993 bits per heavy atom. The number of fused-ring (bicyclic) bond motifs is 1. The number of aliphatic carboxylic acids is 4. The topological polar surface area (TPSA) is 300 Å². The maximum absolute atomic E-state index is 13.8. The summed E-state index contributed by atoms with van der Waals surface area (Å²) in [5, 5.41) is 40.4. The zero-order valence-corrected chi connectivity index (χ0v) is 76.8. The van der Waals surface area contributed by atoms with Crippen LogP contribution in [0.3, 0.4) is 0 Å². The van der Waals surface area contributed by atoms with Crippen LogP contribution in [0.4, 0.5) is 0 Å². The van der Waals surface area contributed by atoms with Gasteiger partial charge in [0.2, 0.25) is 0 Å². The normalized spacial score (nSPS) is 24.5. The molecule has 1 heterocycles. The molecule has 6 fully saturated rings. The van der Waals surface area contributed by atoms with Gasteiger partial charge >= 0.3 is 47.8 Å². The third-order valence-electron chi connectivity index (χ3n) is 28.6. The Labute approximate surface area is 799 Å². The van der Waals surface area contributed by atoms with E-state index in [1.807, 2.05) is 303 Å². The summed E-state index contributed by atoms with van der Waals surface area (Å²) in [6.07, 6.45) is 13.9. The highest BCUT2D eigenvalue weighted by atomic mass is 16.6. The molecule has 1 aromatic heterocycles. The van der Waals surface area contributed by atoms with Crippen LogP contribution in [0, 0.1) is 47.3 Å². The average Bonchev–Trinajstić information content (AvgIpc) is 1.55. The van der Waals surface area contributed by atoms with Crippen LogP contribution in [0.25, 0.3) is 11.3 Å². The number of benzene rings is 11. The van der Waals surface area contributed by atoms with E-state index in [1.54, 1.807) is 18.5 Å². The highest BCUT2D eigenvalue weighted by Crippen LogP contribution is 2.63. The number of carbonyl (C=O) groups is 8. The van der Waals surface area contributed by atoms with Gasteiger partial charge in [0.1, 0.15) is 24.1 Å². The molecule has 10 atom stereocenters. The molecule has 0 saturated heterocycles. The molecule has 21 heteroatoms. The summed E-state index contributed by atoms with van der Waals surface area (Å²) < 4.78 is 42.4. The standard InChI is InChI=1S/C35H38N2O7.C30H30O4.C27H24O4.C24H26O4/c1-2-41-18-19-43-21-20-42-17-16-37-23-29(36-24-37)27-14-9-15-28(22-27)44-35(40)33-30(25-10-5-3-6-11-25)32(34(38)39)31(33)26-12-7-4-8-13-26;31-29(32)27-25(21-14-6-2-7-15-21)28(26(27)22-16-8-3-9-17-22)30(33)34-24-19-11-10-18-23(24)20-12-4-1-5-13-20;28-26(29)24-22(17-9-3-1-4-10-17)25(23(24)18-11-5-2-6-12-18)27(30)31-21-15-19-13-7-8-14-20(19)16-21;25-23(26)21-19(16-10-4-1-5-11-16)22(20(21)17-12-6-2-7-13-17)24(27)28-18-14-8-3-9-15-18/h3-15,22-24,30-33H,2,16-21H2,1H3,(H,38,39);1-9,12-17,23-28H,10-11,18-19H2,(H,31,32);1-14,21-25H,15-16H2,(H,28,29);1-2,4-7,10-13,18-22H,3,8-9,14-15H2,(H,25,26)/t30-,31-,32?,33?;23?,24-,25-,26-,27?,28?;22-,23-,24?,25?;19-,20-,21?,22?/m0011/s1. The lowest BCUT2D eigenvalue weighted by atomic mass is 9.52. The second-order valence-electron chi connectivity index (χ2n) is 36.6. The molecule has 4 N–H and O–H groups in total. The third kappa shape index (κ3) is 22.8. The van der Waals surface area contributed by atoms with Gasteiger partial charge in [0.15, 0.2) is 0 Å². The molecule has 21 nitrogen and oxygen atoms in total. The fourth-order valence-electron chi connectivity index (χ4n) is 22.2. The van der Waals surface area contributed by atoms with Crippen molar-refractivity contribution in [2.45, 2.75) is 156 Å². The largest absolute Gasteiger partial charge is 0.481 e. The maximum Gasteiger partial charge on any atom is 0.315 e. The van der Waals surface area contributed by atoms with Gasteiger partial charge in [-0.3, -0.25) is 38.4 Å². The Balaban J connectivity index is 0.000000134. The molecule has 0 bridgehead atoms. The summed E-state index contributed by atoms with van der Waals surface area (Å²) in [6, 6.07) is 102. The minimum atomic E-state index is -0.925. The van der Waals surface area contributed by atoms with Gasteiger partial charge in [-0.1, -0.05) is 322 Å². The molecular weight excluding hydrogens is 1730 g/mol. The number of carbonyl (C=O) groups excluding carboxylic acids is 4. The minimum Gasteiger partial charge on any atom is -0.481 e. The molecule has 11 aromatic carbocycles. The van der Waals surface area contributed by atoms with Crippen molar-refractivity contribution in [3.05, 3.63) is 395 Å². The summed E-state index contributed by atoms with van der Waals surface area (Å²) in [5.74, 6) is -12.4. The van der Waals surface area contributed by atoms with Crippen LogP contribution in [0.15, 0.2) is 334 Å². The summed E-state index contributed by atoms with van der Waals surface area (Å²) in [7, 11) is 0. The second-order valence-corrected chi connectivity index (χ2v) is 36.6. The predicted molar refractivity (Wildman–Crippen MR) is 518 cm³/mol. The lowest BCUT2D eigenvalue weighted by molar-refractivity contribution is -0.171. The molecule has 706 valence electrons. The molecule has 6 saturated carbocycles. The number of ether oxygens (including phenoxy) is 7. The van der Waals surface area contributed by atoms with Crippen molar-refractivity contribution < 1.29 is 91.9 Å². The lowest BCUT2D eigenvalue weighted by Gasteiger charge is -2.49. The van der Waals surface area contributed by atoms with Crippen molar-refractivity contribution in [1.29, 1.82) is 0 Å². The Morgan fingerprint density at radius 1 is 0.314 bits per heavy atom. The van der Waals surface area contributed by atoms with E-state index in [4.69, 9.17) is 33.2 Å². The van der Waals surface area contributed by atoms with E-state index in [-0.39, 0.29) is 54.0 Å². The smallest absolute Gasteiger partial charge is 0.315 e. The Bertz CT molecular complexity index is 5740. The number of carboxylic acid groups (broad SMARTS) is 4. The Morgan fingerprint density at radius 2 is 0.628 bits per heavy atom. The van der Waals surface area contributed by atoms with Gasteiger partial charge in [0.25, 0.3) is 0 Å². The number of hydrogen-bond donors (Lipinski definition) is 4. The van der Waals surface area contributed by atoms with Crippen molar-refractivity contribution >= 4 is 47.8 Å². The van der Waals surface area contributed by atoms with Crippen LogP contribution in [0.1, 0.15) is 179 Å². The van der Waals surface area contributed by atoms with Crippen molar-refractivity contribution in [3.8, 4) is 17.0 Å². The van der Waals surface area contributed by atoms with E-state index in [0.29, 0.717) is 64.8 Å². The van der Waals surface area contributed by atoms with E-state index in [1.165, 1.54) is 23.1 Å². The molecule has 19 rings (SSSR count). The molecule has 1 unspecified atom stereocenters. The SMILES string of the molecule is CCOCCOCCOCCn1cnc(-c2cccc(OC(=O)C3[C@@H](c4ccccc4)C(C(=O)O)[C@@H]3c3ccccc3)c2)c1.O=C(O)C1[C@@H](c2ccccc2)C(C(=O)OC2CCCCC2)[C@@H]1c1ccccc1.O=C(O)C1[C@@H](c2ccccc2)C(C(=O)OC2Cc3ccccc3C2)[C@@H]1c1ccccc1.O=C(O)C1[C@H](c2ccccc2)C(C(=O)O[C@H]2CCCCC2c2ccccc2)[C@H]1c1ccccc1. The van der Waals surface area contributed by atoms with Gasteiger partial charge in [-0.05, 0) is 125 Å². The van der Waals surface area contributed by atoms with E-state index >= 15 is 0 Å². The van der Waals surface area contributed by atoms with Gasteiger partial charge in [-0.2, -0.15) is 0 Å². The molecule has 7 aliphatic rings. The molecule has 0 radical (unpaired) electrons. The zero-order valence-electron chi connectivity index (χ0n) is 76.8. The zero-order chi connectivity index (χ0) is 95.1. The molecule has 7 aliphatic carbocycles. The number of rotatable bonds is 32. The van der Waals surface area contributed by atoms with E-state index in [2.05, 4.69) is 29.2 Å². The van der Waals surface area contributed by atoms with Crippen LogP contribution in [0.2, 0.25) is 0 Å². The quantitative estimate of drug-likeness (QED) is 0.0132. The first-order chi connectivity index (χ1) is 67.0. The van der Waals surface area contributed by atoms with E-state index in [0.717, 1.165) is 107 Å². The van der Waals surface area contributed by atoms with Crippen LogP contribution in [0.5, 0.6) is 5.75 Å². The van der Waals surface area contributed by atoms with Crippen LogP contribution >= 0.6 is 0 Å². The van der Waals surface area contributed by atoms with Crippen molar-refractivity contribution in [2.24, 2.45) is 47.3 Å². The number of hydrogen-bond acceptors (Lipinski definition) is 16. The van der Waals surface area contributed by atoms with E-state index in [9.17, 15) is 58.8 Å². The fourth-order valence-corrected chi connectivity index (χ4v) is 22.2. The number of carboxylic acids is 4. The van der Waals surface area contributed by atoms with Crippen molar-refractivity contribution in [1.82, 2.24) is 9.55 Å². The molecule has 137 heavy (non-hydrogen) atoms. The molecule has 0 spiro atoms. The Kier molecular flexibility index (Phi) is 32.8. The fraction of sp³-hybridized carbons (Fsp3) is 0.336. The lowest BCUT2D eigenvalue weighted by Crippen LogP contribution is -2.52. The summed E-state index contributed by atoms with van der Waals surface area (Å²) in [6.45, 7) is 5.95. The Hall–Kier alpha value is -13.7. The first-order valence-corrected chi connectivity index (χ1v) is 48.1. The van der Waals surface area contributed by atoms with Gasteiger partial charge < -0.3 is 58.2 Å². The number of esters is 4. The van der Waals surface area contributed by atoms with Crippen LogP contribution in [-0.4, -0.2) is 136 Å².